The summed E-state index contributed by atoms with van der Waals surface area (Å²) < 4.78 is 0. The van der Waals surface area contributed by atoms with Crippen molar-refractivity contribution in [2.24, 2.45) is 5.41 Å². The molecule has 2 nitrogen and oxygen atoms in total. The Labute approximate surface area is 138 Å². The SMILES string of the molecule is [CH2]CCCCCCCCCCC(C=O)(C=O)CCCCCC. The van der Waals surface area contributed by atoms with Crippen LogP contribution >= 0.6 is 0 Å². The summed E-state index contributed by atoms with van der Waals surface area (Å²) in [6, 6.07) is 0. The summed E-state index contributed by atoms with van der Waals surface area (Å²) in [6.45, 7) is 6.03. The molecule has 0 atom stereocenters. The largest absolute Gasteiger partial charge is 0.302 e. The smallest absolute Gasteiger partial charge is 0.133 e. The molecule has 0 unspecified atom stereocenters. The maximum Gasteiger partial charge on any atom is 0.133 e. The number of unbranched alkanes of at least 4 members (excludes halogenated alkanes) is 11. The van der Waals surface area contributed by atoms with Crippen molar-refractivity contribution in [3.05, 3.63) is 6.92 Å². The van der Waals surface area contributed by atoms with E-state index in [4.69, 9.17) is 0 Å². The molecular formula is C20H37O2. The molecule has 0 aromatic heterocycles. The highest BCUT2D eigenvalue weighted by Crippen LogP contribution is 2.27. The number of hydrogen-bond acceptors (Lipinski definition) is 2. The van der Waals surface area contributed by atoms with Crippen LogP contribution in [0.1, 0.15) is 103 Å². The molecule has 0 aliphatic carbocycles. The van der Waals surface area contributed by atoms with Gasteiger partial charge in [-0.3, -0.25) is 0 Å². The summed E-state index contributed by atoms with van der Waals surface area (Å²) in [5, 5.41) is 0. The highest BCUT2D eigenvalue weighted by atomic mass is 16.1. The van der Waals surface area contributed by atoms with E-state index in [1.807, 2.05) is 0 Å². The van der Waals surface area contributed by atoms with Crippen molar-refractivity contribution in [3.63, 3.8) is 0 Å². The summed E-state index contributed by atoms with van der Waals surface area (Å²) in [6.07, 6.45) is 18.7. The van der Waals surface area contributed by atoms with Crippen molar-refractivity contribution >= 4 is 12.6 Å². The Balaban J connectivity index is 3.72. The van der Waals surface area contributed by atoms with Gasteiger partial charge in [-0.1, -0.05) is 97.3 Å². The molecule has 0 aliphatic heterocycles. The Morgan fingerprint density at radius 3 is 1.50 bits per heavy atom. The van der Waals surface area contributed by atoms with Gasteiger partial charge in [-0.2, -0.15) is 0 Å². The molecule has 0 saturated carbocycles. The van der Waals surface area contributed by atoms with E-state index >= 15 is 0 Å². The Bertz CT molecular complexity index is 252. The number of hydrogen-bond donors (Lipinski definition) is 0. The fourth-order valence-corrected chi connectivity index (χ4v) is 2.96. The number of carbonyl (C=O) groups excluding carboxylic acids is 2. The van der Waals surface area contributed by atoms with Crippen LogP contribution in [0.4, 0.5) is 0 Å². The molecule has 0 amide bonds. The van der Waals surface area contributed by atoms with E-state index in [-0.39, 0.29) is 0 Å². The van der Waals surface area contributed by atoms with Gasteiger partial charge < -0.3 is 9.59 Å². The first-order chi connectivity index (χ1) is 10.7. The van der Waals surface area contributed by atoms with Crippen LogP contribution in [0.15, 0.2) is 0 Å². The molecule has 0 rings (SSSR count). The second-order valence-electron chi connectivity index (χ2n) is 6.71. The van der Waals surface area contributed by atoms with Gasteiger partial charge in [0.05, 0.1) is 5.41 Å². The van der Waals surface area contributed by atoms with Gasteiger partial charge in [0.15, 0.2) is 0 Å². The fraction of sp³-hybridized carbons (Fsp3) is 0.850. The van der Waals surface area contributed by atoms with Crippen LogP contribution in [-0.4, -0.2) is 12.6 Å². The quantitative estimate of drug-likeness (QED) is 0.185. The van der Waals surface area contributed by atoms with Crippen LogP contribution in [0.2, 0.25) is 0 Å². The average Bonchev–Trinajstić information content (AvgIpc) is 2.55. The molecule has 0 N–H and O–H groups in total. The van der Waals surface area contributed by atoms with E-state index in [1.54, 1.807) is 0 Å². The summed E-state index contributed by atoms with van der Waals surface area (Å²) >= 11 is 0. The third-order valence-electron chi connectivity index (χ3n) is 4.61. The van der Waals surface area contributed by atoms with Crippen molar-refractivity contribution in [2.45, 2.75) is 103 Å². The molecule has 129 valence electrons. The summed E-state index contributed by atoms with van der Waals surface area (Å²) in [5.74, 6) is 0. The lowest BCUT2D eigenvalue weighted by Gasteiger charge is -2.21. The van der Waals surface area contributed by atoms with E-state index in [2.05, 4.69) is 13.8 Å². The Morgan fingerprint density at radius 2 is 1.09 bits per heavy atom. The number of carbonyl (C=O) groups is 2. The second-order valence-corrected chi connectivity index (χ2v) is 6.71. The third kappa shape index (κ3) is 11.0. The van der Waals surface area contributed by atoms with Gasteiger partial charge >= 0.3 is 0 Å². The van der Waals surface area contributed by atoms with Crippen LogP contribution in [0, 0.1) is 12.3 Å². The Kier molecular flexibility index (Phi) is 14.8. The zero-order chi connectivity index (χ0) is 16.5. The fourth-order valence-electron chi connectivity index (χ4n) is 2.96. The number of aldehydes is 2. The zero-order valence-corrected chi connectivity index (χ0v) is 14.8. The van der Waals surface area contributed by atoms with Crippen molar-refractivity contribution in [1.82, 2.24) is 0 Å². The highest BCUT2D eigenvalue weighted by molar-refractivity contribution is 5.83. The van der Waals surface area contributed by atoms with Crippen molar-refractivity contribution in [3.8, 4) is 0 Å². The van der Waals surface area contributed by atoms with E-state index in [0.717, 1.165) is 57.5 Å². The van der Waals surface area contributed by atoms with Gasteiger partial charge in [0.25, 0.3) is 0 Å². The zero-order valence-electron chi connectivity index (χ0n) is 14.8. The van der Waals surface area contributed by atoms with E-state index in [0.29, 0.717) is 0 Å². The van der Waals surface area contributed by atoms with E-state index in [9.17, 15) is 9.59 Å². The van der Waals surface area contributed by atoms with Crippen LogP contribution in [0.5, 0.6) is 0 Å². The van der Waals surface area contributed by atoms with Crippen molar-refractivity contribution < 1.29 is 9.59 Å². The topological polar surface area (TPSA) is 34.1 Å². The predicted octanol–water partition coefficient (Wildman–Crippen LogP) is 6.08. The predicted molar refractivity (Wildman–Crippen MR) is 94.8 cm³/mol. The highest BCUT2D eigenvalue weighted by Gasteiger charge is 2.27. The molecule has 1 radical (unpaired) electrons. The standard InChI is InChI=1S/C20H37O2/c1-3-5-7-9-10-11-12-13-15-17-20(18-21,19-22)16-14-8-6-4-2/h18-19H,1,3-17H2,2H3. The van der Waals surface area contributed by atoms with Crippen molar-refractivity contribution in [1.29, 1.82) is 0 Å². The third-order valence-corrected chi connectivity index (χ3v) is 4.61. The lowest BCUT2D eigenvalue weighted by atomic mass is 9.80. The summed E-state index contributed by atoms with van der Waals surface area (Å²) in [5.41, 5.74) is -0.693. The molecule has 2 heteroatoms. The summed E-state index contributed by atoms with van der Waals surface area (Å²) in [7, 11) is 0. The average molecular weight is 310 g/mol. The molecule has 0 heterocycles. The lowest BCUT2D eigenvalue weighted by molar-refractivity contribution is -0.127. The first-order valence-electron chi connectivity index (χ1n) is 9.46. The normalized spacial score (nSPS) is 11.5. The van der Waals surface area contributed by atoms with E-state index in [1.165, 1.54) is 51.4 Å². The van der Waals surface area contributed by atoms with Gasteiger partial charge in [-0.25, -0.2) is 0 Å². The lowest BCUT2D eigenvalue weighted by Crippen LogP contribution is -2.24. The van der Waals surface area contributed by atoms with Gasteiger partial charge in [-0.05, 0) is 12.8 Å². The van der Waals surface area contributed by atoms with Gasteiger partial charge in [0.2, 0.25) is 0 Å². The molecule has 0 aromatic rings. The molecule has 0 spiro atoms. The van der Waals surface area contributed by atoms with Crippen LogP contribution < -0.4 is 0 Å². The maximum atomic E-state index is 11.4. The minimum absolute atomic E-state index is 0.693. The first kappa shape index (κ1) is 21.3. The van der Waals surface area contributed by atoms with Crippen LogP contribution in [-0.2, 0) is 9.59 Å². The molecule has 0 saturated heterocycles. The maximum absolute atomic E-state index is 11.4. The Hall–Kier alpha value is -0.660. The Morgan fingerprint density at radius 1 is 0.682 bits per heavy atom. The minimum Gasteiger partial charge on any atom is -0.302 e. The van der Waals surface area contributed by atoms with Crippen LogP contribution in [0.3, 0.4) is 0 Å². The van der Waals surface area contributed by atoms with Crippen LogP contribution in [0.25, 0.3) is 0 Å². The van der Waals surface area contributed by atoms with Crippen molar-refractivity contribution in [2.75, 3.05) is 0 Å². The summed E-state index contributed by atoms with van der Waals surface area (Å²) in [4.78, 5) is 22.7. The molecule has 0 aliphatic rings. The van der Waals surface area contributed by atoms with E-state index < -0.39 is 5.41 Å². The van der Waals surface area contributed by atoms with Gasteiger partial charge in [0, 0.05) is 0 Å². The first-order valence-corrected chi connectivity index (χ1v) is 9.46. The minimum atomic E-state index is -0.693. The molecular weight excluding hydrogens is 272 g/mol. The van der Waals surface area contributed by atoms with Gasteiger partial charge in [0.1, 0.15) is 12.6 Å². The molecule has 0 fully saturated rings. The monoisotopic (exact) mass is 309 g/mol. The molecule has 0 aromatic carbocycles. The molecule has 0 bridgehead atoms. The molecule has 22 heavy (non-hydrogen) atoms. The second kappa shape index (κ2) is 15.2. The van der Waals surface area contributed by atoms with Gasteiger partial charge in [-0.15, -0.1) is 0 Å². The number of rotatable bonds is 17.